The Bertz CT molecular complexity index is 673. The molecule has 0 bridgehead atoms. The van der Waals surface area contributed by atoms with E-state index < -0.39 is 0 Å². The van der Waals surface area contributed by atoms with E-state index in [9.17, 15) is 4.79 Å². The molecule has 1 fully saturated rings. The van der Waals surface area contributed by atoms with Gasteiger partial charge in [-0.1, -0.05) is 94.7 Å². The number of Topliss-reactive ketones (excluding diaryl/α,β-unsaturated/α-hetero) is 1. The lowest BCUT2D eigenvalue weighted by molar-refractivity contribution is -0.131. The van der Waals surface area contributed by atoms with Crippen LogP contribution < -0.4 is 0 Å². The van der Waals surface area contributed by atoms with Crippen molar-refractivity contribution in [2.24, 2.45) is 23.2 Å². The average molecular weight is 351 g/mol. The fourth-order valence-corrected chi connectivity index (χ4v) is 4.92. The summed E-state index contributed by atoms with van der Waals surface area (Å²) in [7, 11) is 0. The molecule has 0 amide bonds. The van der Waals surface area contributed by atoms with Gasteiger partial charge in [-0.2, -0.15) is 0 Å². The fraction of sp³-hybridized carbons (Fsp3) is 0.560. The van der Waals surface area contributed by atoms with Crippen LogP contribution in [0.15, 0.2) is 54.1 Å². The molecule has 0 aromatic heterocycles. The van der Waals surface area contributed by atoms with E-state index in [-0.39, 0.29) is 11.3 Å². The van der Waals surface area contributed by atoms with Gasteiger partial charge in [0.1, 0.15) is 0 Å². The highest BCUT2D eigenvalue weighted by Gasteiger charge is 2.46. The molecule has 1 nitrogen and oxygen atoms in total. The van der Waals surface area contributed by atoms with Crippen LogP contribution >= 0.6 is 0 Å². The highest BCUT2D eigenvalue weighted by Crippen LogP contribution is 2.48. The summed E-state index contributed by atoms with van der Waals surface area (Å²) in [5, 5.41) is 0. The second kappa shape index (κ2) is 7.94. The Kier molecular flexibility index (Phi) is 5.85. The number of hydrogen-bond donors (Lipinski definition) is 0. The maximum Gasteiger partial charge on any atom is 0.151 e. The number of rotatable bonds is 6. The molecule has 2 aliphatic rings. The third-order valence-corrected chi connectivity index (χ3v) is 6.74. The quantitative estimate of drug-likeness (QED) is 0.557. The number of carbonyl (C=O) groups excluding carboxylic acids is 1. The third-order valence-electron chi connectivity index (χ3n) is 6.74. The van der Waals surface area contributed by atoms with Gasteiger partial charge < -0.3 is 0 Å². The number of hydrogen-bond acceptors (Lipinski definition) is 1. The third kappa shape index (κ3) is 3.59. The predicted molar refractivity (Wildman–Crippen MR) is 110 cm³/mol. The molecule has 3 rings (SSSR count). The van der Waals surface area contributed by atoms with Gasteiger partial charge in [0.05, 0.1) is 5.41 Å². The lowest BCUT2D eigenvalue weighted by Crippen LogP contribution is -2.41. The summed E-state index contributed by atoms with van der Waals surface area (Å²) >= 11 is 0. The smallest absolute Gasteiger partial charge is 0.151 e. The van der Waals surface area contributed by atoms with Gasteiger partial charge in [-0.05, 0) is 42.6 Å². The molecule has 0 spiro atoms. The molecule has 0 N–H and O–H groups in total. The molecular formula is C25H34O. The van der Waals surface area contributed by atoms with Gasteiger partial charge in [0.2, 0.25) is 0 Å². The van der Waals surface area contributed by atoms with Crippen molar-refractivity contribution in [2.75, 3.05) is 0 Å². The van der Waals surface area contributed by atoms with E-state index in [1.165, 1.54) is 36.8 Å². The molecule has 1 aromatic carbocycles. The molecule has 0 saturated heterocycles. The zero-order valence-electron chi connectivity index (χ0n) is 16.9. The van der Waals surface area contributed by atoms with Gasteiger partial charge in [0.25, 0.3) is 0 Å². The van der Waals surface area contributed by atoms with E-state index >= 15 is 0 Å². The lowest BCUT2D eigenvalue weighted by Gasteiger charge is -2.41. The summed E-state index contributed by atoms with van der Waals surface area (Å²) in [5.41, 5.74) is 2.27. The molecule has 140 valence electrons. The van der Waals surface area contributed by atoms with Crippen LogP contribution in [0.25, 0.3) is 0 Å². The van der Waals surface area contributed by atoms with Gasteiger partial charge in [0.15, 0.2) is 5.78 Å². The number of allylic oxidation sites excluding steroid dienone is 4. The summed E-state index contributed by atoms with van der Waals surface area (Å²) in [6.07, 6.45) is 12.4. The van der Waals surface area contributed by atoms with Crippen LogP contribution in [0.4, 0.5) is 0 Å². The molecule has 2 unspecified atom stereocenters. The molecule has 1 saturated carbocycles. The van der Waals surface area contributed by atoms with E-state index in [0.717, 1.165) is 6.42 Å². The second-order valence-electron chi connectivity index (χ2n) is 8.92. The molecule has 1 aromatic rings. The van der Waals surface area contributed by atoms with Gasteiger partial charge in [-0.25, -0.2) is 0 Å². The molecule has 0 heterocycles. The average Bonchev–Trinajstić information content (AvgIpc) is 3.16. The molecule has 1 heteroatoms. The van der Waals surface area contributed by atoms with Crippen molar-refractivity contribution in [3.8, 4) is 0 Å². The number of benzene rings is 1. The minimum absolute atomic E-state index is 0.0391. The Morgan fingerprint density at radius 1 is 1.04 bits per heavy atom. The first kappa shape index (κ1) is 19.1. The van der Waals surface area contributed by atoms with Crippen LogP contribution in [0.1, 0.15) is 71.3 Å². The van der Waals surface area contributed by atoms with Crippen LogP contribution in [0.3, 0.4) is 0 Å². The molecular weight excluding hydrogens is 316 g/mol. The summed E-state index contributed by atoms with van der Waals surface area (Å²) in [4.78, 5) is 14.1. The van der Waals surface area contributed by atoms with Crippen LogP contribution in [-0.2, 0) is 4.79 Å². The summed E-state index contributed by atoms with van der Waals surface area (Å²) in [6, 6.07) is 10.6. The number of carbonyl (C=O) groups is 1. The maximum atomic E-state index is 14.1. The lowest BCUT2D eigenvalue weighted by atomic mass is 9.61. The highest BCUT2D eigenvalue weighted by molar-refractivity contribution is 5.94. The predicted octanol–water partition coefficient (Wildman–Crippen LogP) is 6.71. The first-order chi connectivity index (χ1) is 12.5. The van der Waals surface area contributed by atoms with Crippen molar-refractivity contribution in [1.29, 1.82) is 0 Å². The van der Waals surface area contributed by atoms with E-state index in [2.05, 4.69) is 76.3 Å². The van der Waals surface area contributed by atoms with E-state index in [1.807, 2.05) is 0 Å². The van der Waals surface area contributed by atoms with Crippen LogP contribution in [0, 0.1) is 23.2 Å². The second-order valence-corrected chi connectivity index (χ2v) is 8.92. The van der Waals surface area contributed by atoms with Crippen molar-refractivity contribution in [3.63, 3.8) is 0 Å². The van der Waals surface area contributed by atoms with Crippen LogP contribution in [0.2, 0.25) is 0 Å². The van der Waals surface area contributed by atoms with Crippen molar-refractivity contribution in [3.05, 3.63) is 59.7 Å². The Labute approximate surface area is 159 Å². The Balaban J connectivity index is 2.01. The SMILES string of the molecule is CC(C)C1=CC=CC(C(=O)C(c2ccccc2)C2CCCC2)(C(C)C)C1. The Morgan fingerprint density at radius 3 is 2.27 bits per heavy atom. The zero-order chi connectivity index (χ0) is 18.7. The molecule has 2 atom stereocenters. The van der Waals surface area contributed by atoms with Crippen molar-refractivity contribution in [2.45, 2.75) is 65.7 Å². The largest absolute Gasteiger partial charge is 0.298 e. The van der Waals surface area contributed by atoms with Crippen molar-refractivity contribution >= 4 is 5.78 Å². The molecule has 26 heavy (non-hydrogen) atoms. The number of ketones is 1. The van der Waals surface area contributed by atoms with Gasteiger partial charge >= 0.3 is 0 Å². The zero-order valence-corrected chi connectivity index (χ0v) is 16.9. The normalized spacial score (nSPS) is 24.9. The van der Waals surface area contributed by atoms with Crippen LogP contribution in [0.5, 0.6) is 0 Å². The van der Waals surface area contributed by atoms with Crippen molar-refractivity contribution in [1.82, 2.24) is 0 Å². The standard InChI is InChI=1S/C25H34O/c1-18(2)22-15-10-16-25(17-22,19(3)4)24(26)23(21-13-8-9-14-21)20-11-6-5-7-12-20/h5-7,10-12,15-16,18-19,21,23H,8-9,13-14,17H2,1-4H3. The first-order valence-electron chi connectivity index (χ1n) is 10.4. The van der Waals surface area contributed by atoms with E-state index in [4.69, 9.17) is 0 Å². The topological polar surface area (TPSA) is 17.1 Å². The molecule has 2 aliphatic carbocycles. The van der Waals surface area contributed by atoms with Crippen LogP contribution in [-0.4, -0.2) is 5.78 Å². The Hall–Kier alpha value is -1.63. The van der Waals surface area contributed by atoms with E-state index in [1.54, 1.807) is 0 Å². The minimum atomic E-state index is -0.364. The van der Waals surface area contributed by atoms with Gasteiger partial charge in [-0.15, -0.1) is 0 Å². The highest BCUT2D eigenvalue weighted by atomic mass is 16.1. The summed E-state index contributed by atoms with van der Waals surface area (Å²) in [5.74, 6) is 1.79. The molecule has 0 radical (unpaired) electrons. The van der Waals surface area contributed by atoms with Crippen molar-refractivity contribution < 1.29 is 4.79 Å². The fourth-order valence-electron chi connectivity index (χ4n) is 4.92. The van der Waals surface area contributed by atoms with Gasteiger partial charge in [0, 0.05) is 5.92 Å². The minimum Gasteiger partial charge on any atom is -0.298 e. The van der Waals surface area contributed by atoms with Gasteiger partial charge in [-0.3, -0.25) is 4.79 Å². The maximum absolute atomic E-state index is 14.1. The monoisotopic (exact) mass is 350 g/mol. The summed E-state index contributed by atoms with van der Waals surface area (Å²) in [6.45, 7) is 8.93. The molecule has 0 aliphatic heterocycles. The van der Waals surface area contributed by atoms with E-state index in [0.29, 0.717) is 23.5 Å². The first-order valence-corrected chi connectivity index (χ1v) is 10.4. The summed E-state index contributed by atoms with van der Waals surface area (Å²) < 4.78 is 0. The Morgan fingerprint density at radius 2 is 1.69 bits per heavy atom.